The second kappa shape index (κ2) is 4.06. The van der Waals surface area contributed by atoms with E-state index < -0.39 is 5.51 Å². The van der Waals surface area contributed by atoms with Crippen molar-refractivity contribution in [3.63, 3.8) is 0 Å². The van der Waals surface area contributed by atoms with Crippen LogP contribution in [0.5, 0.6) is 0 Å². The molecule has 1 nitrogen and oxygen atoms in total. The standard InChI is InChI=1S/C10H10F3NS/c11-10(12,13)15-8-3-1-2-7(6-8)9-4-5-14-9/h1-3,6,9,14H,4-5H2. The van der Waals surface area contributed by atoms with Crippen molar-refractivity contribution in [2.75, 3.05) is 6.54 Å². The summed E-state index contributed by atoms with van der Waals surface area (Å²) >= 11 is -0.0609. The van der Waals surface area contributed by atoms with Crippen LogP contribution in [0, 0.1) is 0 Å². The zero-order valence-corrected chi connectivity index (χ0v) is 8.66. The quantitative estimate of drug-likeness (QED) is 0.786. The van der Waals surface area contributed by atoms with Gasteiger partial charge >= 0.3 is 5.51 Å². The Morgan fingerprint density at radius 2 is 2.07 bits per heavy atom. The van der Waals surface area contributed by atoms with E-state index in [9.17, 15) is 13.2 Å². The van der Waals surface area contributed by atoms with Gasteiger partial charge < -0.3 is 5.32 Å². The van der Waals surface area contributed by atoms with Crippen LogP contribution in [0.4, 0.5) is 13.2 Å². The van der Waals surface area contributed by atoms with Crippen molar-refractivity contribution in [2.45, 2.75) is 22.9 Å². The SMILES string of the molecule is FC(F)(F)Sc1cccc(C2CCN2)c1. The maximum absolute atomic E-state index is 12.1. The third-order valence-corrected chi connectivity index (χ3v) is 3.04. The van der Waals surface area contributed by atoms with E-state index in [1.165, 1.54) is 6.07 Å². The van der Waals surface area contributed by atoms with Gasteiger partial charge in [0.15, 0.2) is 0 Å². The van der Waals surface area contributed by atoms with Crippen molar-refractivity contribution < 1.29 is 13.2 Å². The number of benzene rings is 1. The Kier molecular flexibility index (Phi) is 2.93. The lowest BCUT2D eigenvalue weighted by molar-refractivity contribution is -0.0328. The first-order valence-corrected chi connectivity index (χ1v) is 5.45. The average molecular weight is 233 g/mol. The van der Waals surface area contributed by atoms with Gasteiger partial charge in [-0.1, -0.05) is 12.1 Å². The van der Waals surface area contributed by atoms with Gasteiger partial charge in [0.05, 0.1) is 0 Å². The maximum Gasteiger partial charge on any atom is 0.446 e. The minimum atomic E-state index is -4.20. The molecule has 1 saturated heterocycles. The molecule has 1 aromatic rings. The van der Waals surface area contributed by atoms with Gasteiger partial charge in [0.25, 0.3) is 0 Å². The van der Waals surface area contributed by atoms with Crippen LogP contribution in [-0.2, 0) is 0 Å². The van der Waals surface area contributed by atoms with Gasteiger partial charge in [-0.3, -0.25) is 0 Å². The van der Waals surface area contributed by atoms with E-state index in [-0.39, 0.29) is 22.7 Å². The van der Waals surface area contributed by atoms with Gasteiger partial charge in [-0.2, -0.15) is 13.2 Å². The lowest BCUT2D eigenvalue weighted by Crippen LogP contribution is -2.34. The number of hydrogen-bond donors (Lipinski definition) is 1. The smallest absolute Gasteiger partial charge is 0.310 e. The van der Waals surface area contributed by atoms with Crippen LogP contribution in [0.1, 0.15) is 18.0 Å². The molecular weight excluding hydrogens is 223 g/mol. The lowest BCUT2D eigenvalue weighted by atomic mass is 9.98. The number of halogens is 3. The second-order valence-corrected chi connectivity index (χ2v) is 4.55. The largest absolute Gasteiger partial charge is 0.446 e. The van der Waals surface area contributed by atoms with Crippen LogP contribution in [0.15, 0.2) is 29.2 Å². The summed E-state index contributed by atoms with van der Waals surface area (Å²) in [5.74, 6) is 0. The Morgan fingerprint density at radius 3 is 2.60 bits per heavy atom. The van der Waals surface area contributed by atoms with Gasteiger partial charge in [0.2, 0.25) is 0 Å². The summed E-state index contributed by atoms with van der Waals surface area (Å²) in [6, 6.07) is 6.86. The number of alkyl halides is 3. The van der Waals surface area contributed by atoms with E-state index in [0.717, 1.165) is 18.5 Å². The molecule has 0 aliphatic carbocycles. The third-order valence-electron chi connectivity index (χ3n) is 2.32. The molecule has 1 fully saturated rings. The first-order chi connectivity index (χ1) is 7.04. The maximum atomic E-state index is 12.1. The zero-order valence-electron chi connectivity index (χ0n) is 7.84. The third kappa shape index (κ3) is 2.89. The molecule has 2 rings (SSSR count). The van der Waals surface area contributed by atoms with Crippen molar-refractivity contribution in [1.29, 1.82) is 0 Å². The van der Waals surface area contributed by atoms with E-state index in [2.05, 4.69) is 5.32 Å². The normalized spacial score (nSPS) is 21.1. The second-order valence-electron chi connectivity index (χ2n) is 3.42. The highest BCUT2D eigenvalue weighted by Gasteiger charge is 2.29. The van der Waals surface area contributed by atoms with Gasteiger partial charge in [0, 0.05) is 10.9 Å². The molecule has 0 amide bonds. The summed E-state index contributed by atoms with van der Waals surface area (Å²) in [5.41, 5.74) is -3.26. The summed E-state index contributed by atoms with van der Waals surface area (Å²) in [7, 11) is 0. The highest BCUT2D eigenvalue weighted by atomic mass is 32.2. The molecule has 15 heavy (non-hydrogen) atoms. The Morgan fingerprint density at radius 1 is 1.33 bits per heavy atom. The minimum absolute atomic E-state index is 0.0609. The van der Waals surface area contributed by atoms with Crippen molar-refractivity contribution >= 4 is 11.8 Å². The van der Waals surface area contributed by atoms with Crippen LogP contribution in [0.25, 0.3) is 0 Å². The summed E-state index contributed by atoms with van der Waals surface area (Å²) in [6.45, 7) is 0.946. The minimum Gasteiger partial charge on any atom is -0.310 e. The fraction of sp³-hybridized carbons (Fsp3) is 0.400. The number of nitrogens with one attached hydrogen (secondary N) is 1. The Balaban J connectivity index is 2.11. The Labute approximate surface area is 90.1 Å². The molecule has 1 aliphatic rings. The molecule has 0 bridgehead atoms. The van der Waals surface area contributed by atoms with E-state index in [1.807, 2.05) is 6.07 Å². The van der Waals surface area contributed by atoms with Crippen LogP contribution in [0.2, 0.25) is 0 Å². The van der Waals surface area contributed by atoms with E-state index in [4.69, 9.17) is 0 Å². The summed E-state index contributed by atoms with van der Waals surface area (Å²) in [5, 5.41) is 3.16. The average Bonchev–Trinajstić information content (AvgIpc) is 1.97. The van der Waals surface area contributed by atoms with Gasteiger partial charge in [-0.05, 0) is 42.4 Å². The summed E-state index contributed by atoms with van der Waals surface area (Å²) in [6.07, 6.45) is 1.00. The van der Waals surface area contributed by atoms with Gasteiger partial charge in [0.1, 0.15) is 0 Å². The molecule has 0 spiro atoms. The van der Waals surface area contributed by atoms with E-state index in [0.29, 0.717) is 0 Å². The molecule has 82 valence electrons. The topological polar surface area (TPSA) is 12.0 Å². The lowest BCUT2D eigenvalue weighted by Gasteiger charge is -2.28. The van der Waals surface area contributed by atoms with E-state index in [1.54, 1.807) is 12.1 Å². The van der Waals surface area contributed by atoms with Crippen molar-refractivity contribution in [2.24, 2.45) is 0 Å². The molecule has 0 saturated carbocycles. The number of hydrogen-bond acceptors (Lipinski definition) is 2. The highest BCUT2D eigenvalue weighted by Crippen LogP contribution is 2.38. The van der Waals surface area contributed by atoms with Crippen LogP contribution in [-0.4, -0.2) is 12.1 Å². The Hall–Kier alpha value is -0.680. The van der Waals surface area contributed by atoms with E-state index >= 15 is 0 Å². The molecule has 1 heterocycles. The summed E-state index contributed by atoms with van der Waals surface area (Å²) < 4.78 is 36.4. The predicted molar refractivity (Wildman–Crippen MR) is 53.7 cm³/mol. The van der Waals surface area contributed by atoms with Crippen LogP contribution >= 0.6 is 11.8 Å². The Bertz CT molecular complexity index is 347. The van der Waals surface area contributed by atoms with Gasteiger partial charge in [-0.25, -0.2) is 0 Å². The zero-order chi connectivity index (χ0) is 10.9. The monoisotopic (exact) mass is 233 g/mol. The number of rotatable bonds is 2. The number of thioether (sulfide) groups is 1. The molecule has 1 N–H and O–H groups in total. The fourth-order valence-corrected chi connectivity index (χ4v) is 2.11. The first-order valence-electron chi connectivity index (χ1n) is 4.64. The van der Waals surface area contributed by atoms with Crippen molar-refractivity contribution in [3.8, 4) is 0 Å². The molecule has 5 heteroatoms. The van der Waals surface area contributed by atoms with Crippen molar-refractivity contribution in [3.05, 3.63) is 29.8 Å². The molecule has 1 aliphatic heterocycles. The molecule has 1 atom stereocenters. The first kappa shape index (κ1) is 10.8. The fourth-order valence-electron chi connectivity index (χ4n) is 1.50. The van der Waals surface area contributed by atoms with Crippen LogP contribution < -0.4 is 5.32 Å². The summed E-state index contributed by atoms with van der Waals surface area (Å²) in [4.78, 5) is 0.258. The predicted octanol–water partition coefficient (Wildman–Crippen LogP) is 3.33. The molecule has 0 aromatic heterocycles. The van der Waals surface area contributed by atoms with Gasteiger partial charge in [-0.15, -0.1) is 0 Å². The molecule has 1 unspecified atom stereocenters. The van der Waals surface area contributed by atoms with Crippen molar-refractivity contribution in [1.82, 2.24) is 5.32 Å². The highest BCUT2D eigenvalue weighted by molar-refractivity contribution is 8.00. The van der Waals surface area contributed by atoms with Crippen LogP contribution in [0.3, 0.4) is 0 Å². The molecule has 1 aromatic carbocycles. The molecule has 0 radical (unpaired) electrons. The molecular formula is C10H10F3NS.